The fourth-order valence-electron chi connectivity index (χ4n) is 1.58. The van der Waals surface area contributed by atoms with E-state index in [-0.39, 0.29) is 6.04 Å². The maximum absolute atomic E-state index is 8.99. The first kappa shape index (κ1) is 14.5. The van der Waals surface area contributed by atoms with Gasteiger partial charge >= 0.3 is 0 Å². The van der Waals surface area contributed by atoms with Crippen LogP contribution >= 0.6 is 11.8 Å². The highest BCUT2D eigenvalue weighted by Gasteiger charge is 2.17. The van der Waals surface area contributed by atoms with Gasteiger partial charge in [-0.2, -0.15) is 5.26 Å². The quantitative estimate of drug-likeness (QED) is 0.767. The number of nitrogens with zero attached hydrogens (tertiary/aromatic N) is 2. The average molecular weight is 266 g/mol. The van der Waals surface area contributed by atoms with Gasteiger partial charge in [0.2, 0.25) is 0 Å². The highest BCUT2D eigenvalue weighted by Crippen LogP contribution is 2.39. The molecule has 1 aromatic carbocycles. The summed E-state index contributed by atoms with van der Waals surface area (Å²) < 4.78 is 10.7. The van der Waals surface area contributed by atoms with Crippen LogP contribution in [0.2, 0.25) is 0 Å². The first-order valence-corrected chi connectivity index (χ1v) is 6.74. The molecule has 0 aromatic heterocycles. The molecule has 0 heterocycles. The zero-order valence-electron chi connectivity index (χ0n) is 11.4. The lowest BCUT2D eigenvalue weighted by molar-refractivity contribution is 0.394. The van der Waals surface area contributed by atoms with E-state index in [4.69, 9.17) is 14.7 Å². The lowest BCUT2D eigenvalue weighted by Crippen LogP contribution is -2.27. The Kier molecular flexibility index (Phi) is 5.17. The number of nitriles is 1. The maximum atomic E-state index is 8.99. The van der Waals surface area contributed by atoms with Crippen LogP contribution in [-0.2, 0) is 0 Å². The van der Waals surface area contributed by atoms with Crippen molar-refractivity contribution < 1.29 is 9.47 Å². The lowest BCUT2D eigenvalue weighted by atomic mass is 10.2. The Morgan fingerprint density at radius 3 is 2.33 bits per heavy atom. The van der Waals surface area contributed by atoms with Crippen molar-refractivity contribution in [3.8, 4) is 17.6 Å². The Morgan fingerprint density at radius 1 is 1.28 bits per heavy atom. The van der Waals surface area contributed by atoms with Gasteiger partial charge in [0.1, 0.15) is 17.5 Å². The fourth-order valence-corrected chi connectivity index (χ4v) is 2.15. The van der Waals surface area contributed by atoms with E-state index < -0.39 is 0 Å². The smallest absolute Gasteiger partial charge is 0.143 e. The summed E-state index contributed by atoms with van der Waals surface area (Å²) in [5, 5.41) is 8.99. The number of hydrogen-bond acceptors (Lipinski definition) is 5. The third kappa shape index (κ3) is 2.82. The van der Waals surface area contributed by atoms with Gasteiger partial charge in [-0.25, -0.2) is 0 Å². The van der Waals surface area contributed by atoms with Crippen LogP contribution in [0.5, 0.6) is 11.5 Å². The van der Waals surface area contributed by atoms with Gasteiger partial charge in [-0.1, -0.05) is 0 Å². The van der Waals surface area contributed by atoms with Crippen molar-refractivity contribution in [2.75, 3.05) is 32.4 Å². The van der Waals surface area contributed by atoms with Crippen LogP contribution in [0.25, 0.3) is 0 Å². The first-order chi connectivity index (χ1) is 8.58. The molecule has 0 aliphatic heterocycles. The summed E-state index contributed by atoms with van der Waals surface area (Å²) in [6.45, 7) is 1.84. The number of ether oxygens (including phenoxy) is 2. The number of thioether (sulfide) groups is 1. The highest BCUT2D eigenvalue weighted by atomic mass is 32.2. The molecule has 0 saturated heterocycles. The maximum Gasteiger partial charge on any atom is 0.143 e. The van der Waals surface area contributed by atoms with Crippen molar-refractivity contribution in [2.45, 2.75) is 17.9 Å². The molecule has 0 N–H and O–H groups in total. The minimum Gasteiger partial charge on any atom is -0.496 e. The van der Waals surface area contributed by atoms with E-state index in [1.165, 1.54) is 0 Å². The lowest BCUT2D eigenvalue weighted by Gasteiger charge is -2.25. The molecular weight excluding hydrogens is 248 g/mol. The summed E-state index contributed by atoms with van der Waals surface area (Å²) >= 11 is 1.60. The van der Waals surface area contributed by atoms with E-state index in [1.807, 2.05) is 37.3 Å². The zero-order chi connectivity index (χ0) is 13.7. The van der Waals surface area contributed by atoms with Crippen LogP contribution in [0.15, 0.2) is 17.0 Å². The second-order valence-electron chi connectivity index (χ2n) is 3.80. The van der Waals surface area contributed by atoms with Gasteiger partial charge in [0.25, 0.3) is 0 Å². The molecule has 1 atom stereocenters. The Morgan fingerprint density at radius 2 is 1.89 bits per heavy atom. The van der Waals surface area contributed by atoms with E-state index >= 15 is 0 Å². The van der Waals surface area contributed by atoms with Gasteiger partial charge in [0.05, 0.1) is 30.9 Å². The molecule has 98 valence electrons. The number of methoxy groups -OCH3 is 2. The molecule has 0 amide bonds. The van der Waals surface area contributed by atoms with Crippen LogP contribution in [0, 0.1) is 11.3 Å². The Hall–Kier alpha value is -1.54. The van der Waals surface area contributed by atoms with E-state index in [9.17, 15) is 0 Å². The summed E-state index contributed by atoms with van der Waals surface area (Å²) in [6.07, 6.45) is 1.98. The minimum atomic E-state index is -0.233. The molecular formula is C13H18N2O2S. The fraction of sp³-hybridized carbons (Fsp3) is 0.462. The average Bonchev–Trinajstić information content (AvgIpc) is 2.43. The molecule has 0 fully saturated rings. The minimum absolute atomic E-state index is 0.233. The molecule has 1 rings (SSSR count). The summed E-state index contributed by atoms with van der Waals surface area (Å²) in [6, 6.07) is 5.80. The number of benzene rings is 1. The molecule has 4 nitrogen and oxygen atoms in total. The largest absolute Gasteiger partial charge is 0.496 e. The molecule has 1 aromatic rings. The number of anilines is 1. The summed E-state index contributed by atoms with van der Waals surface area (Å²) in [5.41, 5.74) is 0.848. The zero-order valence-corrected chi connectivity index (χ0v) is 12.2. The highest BCUT2D eigenvalue weighted by molar-refractivity contribution is 7.98. The van der Waals surface area contributed by atoms with Crippen molar-refractivity contribution in [2.24, 2.45) is 0 Å². The van der Waals surface area contributed by atoms with E-state index in [0.29, 0.717) is 0 Å². The predicted molar refractivity (Wildman–Crippen MR) is 74.8 cm³/mol. The Balaban J connectivity index is 3.30. The first-order valence-electron chi connectivity index (χ1n) is 5.51. The SMILES string of the molecule is COc1cc(N(C)C(C)C#N)c(OC)cc1SC. The van der Waals surface area contributed by atoms with Crippen molar-refractivity contribution in [3.05, 3.63) is 12.1 Å². The van der Waals surface area contributed by atoms with Crippen LogP contribution < -0.4 is 14.4 Å². The van der Waals surface area contributed by atoms with Crippen molar-refractivity contribution in [1.29, 1.82) is 5.26 Å². The number of hydrogen-bond donors (Lipinski definition) is 0. The molecule has 0 bridgehead atoms. The number of rotatable bonds is 5. The van der Waals surface area contributed by atoms with Crippen molar-refractivity contribution in [3.63, 3.8) is 0 Å². The van der Waals surface area contributed by atoms with E-state index in [0.717, 1.165) is 22.1 Å². The monoisotopic (exact) mass is 266 g/mol. The standard InChI is InChI=1S/C13H18N2O2S/c1-9(8-14)15(2)10-6-12(17-4)13(18-5)7-11(10)16-3/h6-7,9H,1-5H3. The molecule has 1 unspecified atom stereocenters. The normalized spacial score (nSPS) is 11.6. The van der Waals surface area contributed by atoms with E-state index in [1.54, 1.807) is 26.0 Å². The molecule has 0 aliphatic rings. The molecule has 0 saturated carbocycles. The van der Waals surface area contributed by atoms with Crippen LogP contribution in [-0.4, -0.2) is 33.6 Å². The topological polar surface area (TPSA) is 45.5 Å². The molecule has 5 heteroatoms. The second kappa shape index (κ2) is 6.41. The van der Waals surface area contributed by atoms with Gasteiger partial charge in [0, 0.05) is 13.1 Å². The molecule has 18 heavy (non-hydrogen) atoms. The third-order valence-corrected chi connectivity index (χ3v) is 3.59. The summed E-state index contributed by atoms with van der Waals surface area (Å²) in [5.74, 6) is 1.53. The third-order valence-electron chi connectivity index (χ3n) is 2.83. The molecule has 0 aliphatic carbocycles. The van der Waals surface area contributed by atoms with Gasteiger partial charge in [-0.05, 0) is 19.2 Å². The van der Waals surface area contributed by atoms with Crippen molar-refractivity contribution in [1.82, 2.24) is 0 Å². The molecule has 0 spiro atoms. The van der Waals surface area contributed by atoms with Gasteiger partial charge in [-0.3, -0.25) is 0 Å². The van der Waals surface area contributed by atoms with Crippen LogP contribution in [0.4, 0.5) is 5.69 Å². The second-order valence-corrected chi connectivity index (χ2v) is 4.64. The Bertz CT molecular complexity index is 457. The Labute approximate surface area is 112 Å². The molecule has 0 radical (unpaired) electrons. The van der Waals surface area contributed by atoms with Gasteiger partial charge in [0.15, 0.2) is 0 Å². The summed E-state index contributed by atoms with van der Waals surface area (Å²) in [7, 11) is 5.13. The van der Waals surface area contributed by atoms with Gasteiger partial charge in [-0.15, -0.1) is 11.8 Å². The summed E-state index contributed by atoms with van der Waals surface area (Å²) in [4.78, 5) is 2.88. The van der Waals surface area contributed by atoms with Crippen molar-refractivity contribution >= 4 is 17.4 Å². The predicted octanol–water partition coefficient (Wildman–Crippen LogP) is 2.77. The van der Waals surface area contributed by atoms with Gasteiger partial charge < -0.3 is 14.4 Å². The van der Waals surface area contributed by atoms with Crippen LogP contribution in [0.3, 0.4) is 0 Å². The van der Waals surface area contributed by atoms with E-state index in [2.05, 4.69) is 6.07 Å². The van der Waals surface area contributed by atoms with Crippen LogP contribution in [0.1, 0.15) is 6.92 Å².